The summed E-state index contributed by atoms with van der Waals surface area (Å²) in [6.45, 7) is 4.20. The maximum Gasteiger partial charge on any atom is 0.214 e. The van der Waals surface area contributed by atoms with Crippen molar-refractivity contribution in [2.75, 3.05) is 0 Å². The molecule has 0 radical (unpaired) electrons. The van der Waals surface area contributed by atoms with Crippen molar-refractivity contribution in [2.24, 2.45) is 0 Å². The first-order chi connectivity index (χ1) is 9.56. The van der Waals surface area contributed by atoms with Gasteiger partial charge in [0.15, 0.2) is 0 Å². The normalized spacial score (nSPS) is 13.0. The van der Waals surface area contributed by atoms with E-state index in [0.717, 1.165) is 22.6 Å². The van der Waals surface area contributed by atoms with Crippen molar-refractivity contribution in [2.45, 2.75) is 25.8 Å². The van der Waals surface area contributed by atoms with Crippen molar-refractivity contribution >= 4 is 34.2 Å². The lowest BCUT2D eigenvalue weighted by atomic mass is 10.3. The van der Waals surface area contributed by atoms with E-state index >= 15 is 0 Å². The third kappa shape index (κ3) is 2.30. The van der Waals surface area contributed by atoms with Crippen LogP contribution in [0.3, 0.4) is 0 Å². The highest BCUT2D eigenvalue weighted by molar-refractivity contribution is 6.35. The van der Waals surface area contributed by atoms with Crippen LogP contribution in [0.1, 0.15) is 29.8 Å². The number of hydrogen-bond acceptors (Lipinski definition) is 3. The van der Waals surface area contributed by atoms with Gasteiger partial charge in [-0.05, 0) is 26.0 Å². The van der Waals surface area contributed by atoms with Gasteiger partial charge in [0.2, 0.25) is 5.89 Å². The summed E-state index contributed by atoms with van der Waals surface area (Å²) < 4.78 is 7.49. The van der Waals surface area contributed by atoms with Crippen LogP contribution in [-0.4, -0.2) is 14.5 Å². The first-order valence-corrected chi connectivity index (χ1v) is 7.07. The van der Waals surface area contributed by atoms with Crippen LogP contribution in [0.4, 0.5) is 0 Å². The van der Waals surface area contributed by atoms with Crippen molar-refractivity contribution in [3.05, 3.63) is 46.9 Å². The Hall–Kier alpha value is -1.52. The van der Waals surface area contributed by atoms with Crippen molar-refractivity contribution in [1.82, 2.24) is 14.5 Å². The van der Waals surface area contributed by atoms with Crippen LogP contribution in [0.2, 0.25) is 5.02 Å². The number of imidazole rings is 1. The number of rotatable bonds is 3. The number of benzene rings is 1. The van der Waals surface area contributed by atoms with Crippen molar-refractivity contribution in [1.29, 1.82) is 0 Å². The number of hydrogen-bond donors (Lipinski definition) is 0. The third-order valence-electron chi connectivity index (χ3n) is 3.07. The minimum Gasteiger partial charge on any atom is -0.444 e. The summed E-state index contributed by atoms with van der Waals surface area (Å²) in [5, 5.41) is 0.413. The van der Waals surface area contributed by atoms with E-state index in [9.17, 15) is 0 Å². The van der Waals surface area contributed by atoms with Crippen LogP contribution in [0.25, 0.3) is 11.0 Å². The van der Waals surface area contributed by atoms with E-state index < -0.39 is 0 Å². The van der Waals surface area contributed by atoms with E-state index in [2.05, 4.69) is 9.97 Å². The lowest BCUT2D eigenvalue weighted by molar-refractivity contribution is 0.456. The number of aromatic nitrogens is 3. The fraction of sp³-hybridized carbons (Fsp3) is 0.286. The molecule has 6 heteroatoms. The molecule has 2 heterocycles. The second-order valence-electron chi connectivity index (χ2n) is 4.64. The molecule has 0 aliphatic heterocycles. The smallest absolute Gasteiger partial charge is 0.214 e. The Balaban J connectivity index is 2.18. The molecule has 4 nitrogen and oxygen atoms in total. The summed E-state index contributed by atoms with van der Waals surface area (Å²) in [4.78, 5) is 8.78. The number of para-hydroxylation sites is 1. The van der Waals surface area contributed by atoms with Gasteiger partial charge in [-0.25, -0.2) is 9.97 Å². The molecule has 0 aliphatic rings. The van der Waals surface area contributed by atoms with Gasteiger partial charge in [0, 0.05) is 0 Å². The zero-order valence-electron chi connectivity index (χ0n) is 11.1. The molecule has 0 spiro atoms. The molecule has 20 heavy (non-hydrogen) atoms. The summed E-state index contributed by atoms with van der Waals surface area (Å²) in [5.41, 5.74) is 1.68. The Kier molecular flexibility index (Phi) is 3.44. The number of alkyl halides is 1. The van der Waals surface area contributed by atoms with E-state index in [1.807, 2.05) is 36.6 Å². The average molecular weight is 310 g/mol. The zero-order valence-corrected chi connectivity index (χ0v) is 12.6. The molecule has 0 saturated carbocycles. The van der Waals surface area contributed by atoms with Gasteiger partial charge < -0.3 is 8.98 Å². The summed E-state index contributed by atoms with van der Waals surface area (Å²) in [6.07, 6.45) is 1.69. The number of aryl methyl sites for hydroxylation is 1. The van der Waals surface area contributed by atoms with Crippen LogP contribution in [0, 0.1) is 6.92 Å². The predicted molar refractivity (Wildman–Crippen MR) is 79.4 cm³/mol. The lowest BCUT2D eigenvalue weighted by Gasteiger charge is -2.09. The van der Waals surface area contributed by atoms with Gasteiger partial charge in [0.05, 0.1) is 27.6 Å². The van der Waals surface area contributed by atoms with Gasteiger partial charge in [0.25, 0.3) is 0 Å². The van der Waals surface area contributed by atoms with Crippen LogP contribution in [0.5, 0.6) is 0 Å². The van der Waals surface area contributed by atoms with Gasteiger partial charge in [-0.1, -0.05) is 17.7 Å². The zero-order chi connectivity index (χ0) is 14.3. The van der Waals surface area contributed by atoms with Gasteiger partial charge in [-0.15, -0.1) is 11.6 Å². The van der Waals surface area contributed by atoms with E-state index in [0.29, 0.717) is 17.5 Å². The summed E-state index contributed by atoms with van der Waals surface area (Å²) >= 11 is 12.5. The molecule has 0 amide bonds. The molecule has 1 aromatic carbocycles. The summed E-state index contributed by atoms with van der Waals surface area (Å²) in [6, 6.07) is 5.63. The van der Waals surface area contributed by atoms with Crippen LogP contribution in [0.15, 0.2) is 28.8 Å². The molecular formula is C14H13Cl2N3O. The monoisotopic (exact) mass is 309 g/mol. The van der Waals surface area contributed by atoms with E-state index in [-0.39, 0.29) is 5.38 Å². The second-order valence-corrected chi connectivity index (χ2v) is 5.71. The van der Waals surface area contributed by atoms with Gasteiger partial charge >= 0.3 is 0 Å². The van der Waals surface area contributed by atoms with Gasteiger partial charge in [0.1, 0.15) is 18.1 Å². The van der Waals surface area contributed by atoms with Crippen molar-refractivity contribution in [3.63, 3.8) is 0 Å². The fourth-order valence-corrected chi connectivity index (χ4v) is 2.67. The van der Waals surface area contributed by atoms with Crippen molar-refractivity contribution in [3.8, 4) is 0 Å². The quantitative estimate of drug-likeness (QED) is 0.676. The Morgan fingerprint density at radius 3 is 2.85 bits per heavy atom. The standard InChI is InChI=1S/C14H13Cl2N3O/c1-8-6-17-12(20-8)7-19-13-10(16)4-3-5-11(13)18-14(19)9(2)15/h3-6,9H,7H2,1-2H3. The highest BCUT2D eigenvalue weighted by atomic mass is 35.5. The van der Waals surface area contributed by atoms with E-state index in [1.54, 1.807) is 6.20 Å². The molecule has 3 aromatic rings. The molecule has 0 aliphatic carbocycles. The number of oxazole rings is 1. The fourth-order valence-electron chi connectivity index (χ4n) is 2.23. The van der Waals surface area contributed by atoms with Gasteiger partial charge in [-0.3, -0.25) is 0 Å². The lowest BCUT2D eigenvalue weighted by Crippen LogP contribution is -2.06. The molecule has 104 valence electrons. The largest absolute Gasteiger partial charge is 0.444 e. The minimum absolute atomic E-state index is 0.227. The summed E-state index contributed by atoms with van der Waals surface area (Å²) in [7, 11) is 0. The highest BCUT2D eigenvalue weighted by Crippen LogP contribution is 2.29. The van der Waals surface area contributed by atoms with E-state index in [1.165, 1.54) is 0 Å². The van der Waals surface area contributed by atoms with Crippen molar-refractivity contribution < 1.29 is 4.42 Å². The Morgan fingerprint density at radius 1 is 1.40 bits per heavy atom. The van der Waals surface area contributed by atoms with Crippen LogP contribution < -0.4 is 0 Å². The Labute approximate surface area is 126 Å². The minimum atomic E-state index is -0.227. The van der Waals surface area contributed by atoms with E-state index in [4.69, 9.17) is 27.6 Å². The Bertz CT molecular complexity index is 761. The average Bonchev–Trinajstić information content (AvgIpc) is 2.95. The number of fused-ring (bicyclic) bond motifs is 1. The number of nitrogens with zero attached hydrogens (tertiary/aromatic N) is 3. The maximum atomic E-state index is 6.30. The Morgan fingerprint density at radius 2 is 2.20 bits per heavy atom. The molecular weight excluding hydrogens is 297 g/mol. The molecule has 3 rings (SSSR count). The second kappa shape index (κ2) is 5.11. The highest BCUT2D eigenvalue weighted by Gasteiger charge is 2.18. The maximum absolute atomic E-state index is 6.30. The summed E-state index contributed by atoms with van der Waals surface area (Å²) in [5.74, 6) is 2.14. The molecule has 0 bridgehead atoms. The number of halogens is 2. The van der Waals surface area contributed by atoms with Gasteiger partial charge in [-0.2, -0.15) is 0 Å². The molecule has 0 N–H and O–H groups in total. The SMILES string of the molecule is Cc1cnc(Cn2c(C(C)Cl)nc3cccc(Cl)c32)o1. The topological polar surface area (TPSA) is 43.9 Å². The van der Waals surface area contributed by atoms with Crippen LogP contribution in [-0.2, 0) is 6.54 Å². The molecule has 2 aromatic heterocycles. The van der Waals surface area contributed by atoms with Crippen LogP contribution >= 0.6 is 23.2 Å². The molecule has 0 fully saturated rings. The molecule has 0 saturated heterocycles. The third-order valence-corrected chi connectivity index (χ3v) is 3.57. The molecule has 1 atom stereocenters. The predicted octanol–water partition coefficient (Wildman–Crippen LogP) is 4.33. The first-order valence-electron chi connectivity index (χ1n) is 6.26. The first kappa shape index (κ1) is 13.5. The molecule has 1 unspecified atom stereocenters.